The number of nitrogens with one attached hydrogen (secondary N) is 1. The summed E-state index contributed by atoms with van der Waals surface area (Å²) in [6.07, 6.45) is 1.98. The third-order valence-corrected chi connectivity index (χ3v) is 4.22. The van der Waals surface area contributed by atoms with E-state index < -0.39 is 5.97 Å². The minimum atomic E-state index is -0.614. The highest BCUT2D eigenvalue weighted by atomic mass is 79.9. The first-order chi connectivity index (χ1) is 12.0. The van der Waals surface area contributed by atoms with Gasteiger partial charge in [-0.15, -0.1) is 0 Å². The topological polar surface area (TPSA) is 83.1 Å². The summed E-state index contributed by atoms with van der Waals surface area (Å²) in [7, 11) is 1.51. The number of carbonyl (C=O) groups excluding carboxylic acids is 2. The van der Waals surface area contributed by atoms with Crippen LogP contribution >= 0.6 is 15.9 Å². The second-order valence-electron chi connectivity index (χ2n) is 5.44. The Bertz CT molecular complexity index is 615. The number of amides is 1. The Kier molecular flexibility index (Phi) is 7.52. The quantitative estimate of drug-likeness (QED) is 0.655. The fourth-order valence-electron chi connectivity index (χ4n) is 2.45. The molecule has 1 atom stereocenters. The number of benzene rings is 1. The lowest BCUT2D eigenvalue weighted by Crippen LogP contribution is -2.34. The molecule has 1 aromatic rings. The van der Waals surface area contributed by atoms with Gasteiger partial charge in [0.2, 0.25) is 0 Å². The van der Waals surface area contributed by atoms with Crippen LogP contribution in [0.25, 0.3) is 0 Å². The summed E-state index contributed by atoms with van der Waals surface area (Å²) in [5, 5.41) is 2.70. The van der Waals surface area contributed by atoms with Gasteiger partial charge in [0.05, 0.1) is 29.9 Å². The molecule has 1 fully saturated rings. The first-order valence-corrected chi connectivity index (χ1v) is 8.90. The number of esters is 1. The van der Waals surface area contributed by atoms with Gasteiger partial charge in [-0.25, -0.2) is 4.79 Å². The Morgan fingerprint density at radius 3 is 2.84 bits per heavy atom. The molecule has 1 amide bonds. The Hall–Kier alpha value is -1.80. The number of methoxy groups -OCH3 is 1. The SMILES string of the molecule is CCOc1cc(C(=O)OCC(=O)NC[C@H]2CCCO2)cc(Br)c1OC. The summed E-state index contributed by atoms with van der Waals surface area (Å²) in [6, 6.07) is 3.09. The van der Waals surface area contributed by atoms with Crippen LogP contribution in [0.15, 0.2) is 16.6 Å². The van der Waals surface area contributed by atoms with Crippen LogP contribution in [0.2, 0.25) is 0 Å². The van der Waals surface area contributed by atoms with Crippen molar-refractivity contribution in [3.63, 3.8) is 0 Å². The minimum Gasteiger partial charge on any atom is -0.492 e. The van der Waals surface area contributed by atoms with E-state index in [2.05, 4.69) is 21.2 Å². The van der Waals surface area contributed by atoms with Gasteiger partial charge in [0.1, 0.15) is 0 Å². The lowest BCUT2D eigenvalue weighted by Gasteiger charge is -2.13. The highest BCUT2D eigenvalue weighted by Gasteiger charge is 2.19. The maximum atomic E-state index is 12.2. The number of ether oxygens (including phenoxy) is 4. The maximum absolute atomic E-state index is 12.2. The van der Waals surface area contributed by atoms with Crippen molar-refractivity contribution in [1.29, 1.82) is 0 Å². The van der Waals surface area contributed by atoms with Gasteiger partial charge in [0.15, 0.2) is 18.1 Å². The Morgan fingerprint density at radius 2 is 2.20 bits per heavy atom. The van der Waals surface area contributed by atoms with Crippen LogP contribution in [0.1, 0.15) is 30.1 Å². The van der Waals surface area contributed by atoms with Crippen molar-refractivity contribution in [3.8, 4) is 11.5 Å². The monoisotopic (exact) mass is 415 g/mol. The zero-order valence-corrected chi connectivity index (χ0v) is 15.9. The van der Waals surface area contributed by atoms with Crippen molar-refractivity contribution in [1.82, 2.24) is 5.32 Å². The van der Waals surface area contributed by atoms with Crippen molar-refractivity contribution >= 4 is 27.8 Å². The van der Waals surface area contributed by atoms with Crippen LogP contribution in [0.3, 0.4) is 0 Å². The van der Waals surface area contributed by atoms with Crippen molar-refractivity contribution in [2.75, 3.05) is 33.5 Å². The van der Waals surface area contributed by atoms with Gasteiger partial charge in [-0.3, -0.25) is 4.79 Å². The molecule has 0 aromatic heterocycles. The van der Waals surface area contributed by atoms with E-state index in [9.17, 15) is 9.59 Å². The predicted molar refractivity (Wildman–Crippen MR) is 94.1 cm³/mol. The molecule has 1 aromatic carbocycles. The third kappa shape index (κ3) is 5.61. The number of carbonyl (C=O) groups is 2. The molecular formula is C17H22BrNO6. The molecule has 138 valence electrons. The summed E-state index contributed by atoms with van der Waals surface area (Å²) < 4.78 is 21.7. The lowest BCUT2D eigenvalue weighted by molar-refractivity contribution is -0.124. The van der Waals surface area contributed by atoms with Crippen LogP contribution < -0.4 is 14.8 Å². The van der Waals surface area contributed by atoms with Gasteiger partial charge in [-0.05, 0) is 47.8 Å². The standard InChI is InChI=1S/C17H22BrNO6/c1-3-23-14-8-11(7-13(18)16(14)22-2)17(21)25-10-15(20)19-9-12-5-4-6-24-12/h7-8,12H,3-6,9-10H2,1-2H3,(H,19,20)/t12-/m1/s1. The highest BCUT2D eigenvalue weighted by Crippen LogP contribution is 2.36. The van der Waals surface area contributed by atoms with E-state index in [1.807, 2.05) is 6.92 Å². The van der Waals surface area contributed by atoms with E-state index in [4.69, 9.17) is 18.9 Å². The summed E-state index contributed by atoms with van der Waals surface area (Å²) in [5.41, 5.74) is 0.267. The van der Waals surface area contributed by atoms with Crippen LogP contribution in [-0.2, 0) is 14.3 Å². The van der Waals surface area contributed by atoms with Gasteiger partial charge in [-0.1, -0.05) is 0 Å². The molecule has 0 unspecified atom stereocenters. The normalized spacial score (nSPS) is 16.4. The molecule has 1 heterocycles. The van der Waals surface area contributed by atoms with Crippen LogP contribution in [-0.4, -0.2) is 51.5 Å². The summed E-state index contributed by atoms with van der Waals surface area (Å²) in [4.78, 5) is 23.9. The molecule has 1 aliphatic rings. The predicted octanol–water partition coefficient (Wildman–Crippen LogP) is 2.31. The van der Waals surface area contributed by atoms with Gasteiger partial charge >= 0.3 is 5.97 Å². The molecule has 0 spiro atoms. The molecule has 0 bridgehead atoms. The number of hydrogen-bond acceptors (Lipinski definition) is 6. The minimum absolute atomic E-state index is 0.0472. The zero-order chi connectivity index (χ0) is 18.2. The lowest BCUT2D eigenvalue weighted by atomic mass is 10.2. The van der Waals surface area contributed by atoms with E-state index in [0.29, 0.717) is 29.1 Å². The number of halogens is 1. The van der Waals surface area contributed by atoms with Crippen LogP contribution in [0, 0.1) is 0 Å². The highest BCUT2D eigenvalue weighted by molar-refractivity contribution is 9.10. The van der Waals surface area contributed by atoms with E-state index in [0.717, 1.165) is 19.4 Å². The average molecular weight is 416 g/mol. The Morgan fingerprint density at radius 1 is 1.40 bits per heavy atom. The van der Waals surface area contributed by atoms with E-state index in [1.54, 1.807) is 6.07 Å². The average Bonchev–Trinajstić information content (AvgIpc) is 3.11. The molecule has 25 heavy (non-hydrogen) atoms. The van der Waals surface area contributed by atoms with Crippen molar-refractivity contribution < 1.29 is 28.5 Å². The van der Waals surface area contributed by atoms with E-state index in [1.165, 1.54) is 13.2 Å². The fraction of sp³-hybridized carbons (Fsp3) is 0.529. The molecule has 7 nitrogen and oxygen atoms in total. The molecule has 2 rings (SSSR count). The second-order valence-corrected chi connectivity index (χ2v) is 6.29. The van der Waals surface area contributed by atoms with E-state index in [-0.39, 0.29) is 24.2 Å². The summed E-state index contributed by atoms with van der Waals surface area (Å²) in [6.45, 7) is 3.06. The van der Waals surface area contributed by atoms with Gasteiger partial charge in [0, 0.05) is 13.2 Å². The molecule has 1 N–H and O–H groups in total. The third-order valence-electron chi connectivity index (χ3n) is 3.63. The smallest absolute Gasteiger partial charge is 0.338 e. The van der Waals surface area contributed by atoms with Crippen molar-refractivity contribution in [2.24, 2.45) is 0 Å². The fourth-order valence-corrected chi connectivity index (χ4v) is 3.05. The van der Waals surface area contributed by atoms with Gasteiger partial charge in [0.25, 0.3) is 5.91 Å². The molecule has 1 aliphatic heterocycles. The van der Waals surface area contributed by atoms with Crippen LogP contribution in [0.5, 0.6) is 11.5 Å². The largest absolute Gasteiger partial charge is 0.492 e. The molecule has 0 saturated carbocycles. The first kappa shape index (κ1) is 19.5. The van der Waals surface area contributed by atoms with Crippen molar-refractivity contribution in [3.05, 3.63) is 22.2 Å². The molecule has 0 radical (unpaired) electrons. The number of hydrogen-bond donors (Lipinski definition) is 1. The van der Waals surface area contributed by atoms with Crippen molar-refractivity contribution in [2.45, 2.75) is 25.9 Å². The van der Waals surface area contributed by atoms with Gasteiger partial charge in [-0.2, -0.15) is 0 Å². The Labute approximate surface area is 155 Å². The first-order valence-electron chi connectivity index (χ1n) is 8.10. The summed E-state index contributed by atoms with van der Waals surface area (Å²) in [5.74, 6) is -0.0557. The molecule has 8 heteroatoms. The second kappa shape index (κ2) is 9.62. The summed E-state index contributed by atoms with van der Waals surface area (Å²) >= 11 is 3.33. The molecule has 1 saturated heterocycles. The molecule has 0 aliphatic carbocycles. The Balaban J connectivity index is 1.90. The zero-order valence-electron chi connectivity index (χ0n) is 14.3. The molecular weight excluding hydrogens is 394 g/mol. The van der Waals surface area contributed by atoms with Crippen LogP contribution in [0.4, 0.5) is 0 Å². The van der Waals surface area contributed by atoms with Gasteiger partial charge < -0.3 is 24.3 Å². The van der Waals surface area contributed by atoms with E-state index >= 15 is 0 Å². The number of rotatable bonds is 8. The maximum Gasteiger partial charge on any atom is 0.338 e.